The Morgan fingerprint density at radius 2 is 2.17 bits per heavy atom. The Morgan fingerprint density at radius 1 is 1.39 bits per heavy atom. The molecule has 1 aromatic carbocycles. The third-order valence-electron chi connectivity index (χ3n) is 3.70. The molecule has 1 aliphatic rings. The highest BCUT2D eigenvalue weighted by Gasteiger charge is 2.26. The number of hydrogen-bond donors (Lipinski definition) is 1. The summed E-state index contributed by atoms with van der Waals surface area (Å²) >= 11 is 1.95. The molecule has 3 unspecified atom stereocenters. The predicted molar refractivity (Wildman–Crippen MR) is 77.7 cm³/mol. The quantitative estimate of drug-likeness (QED) is 0.883. The van der Waals surface area contributed by atoms with Gasteiger partial charge in [-0.2, -0.15) is 17.0 Å². The lowest BCUT2D eigenvalue weighted by Gasteiger charge is -2.21. The van der Waals surface area contributed by atoms with Gasteiger partial charge in [0, 0.05) is 17.8 Å². The van der Waals surface area contributed by atoms with Crippen LogP contribution in [0.3, 0.4) is 0 Å². The predicted octanol–water partition coefficient (Wildman–Crippen LogP) is 3.17. The average Bonchev–Trinajstić information content (AvgIpc) is 2.88. The van der Waals surface area contributed by atoms with Crippen LogP contribution < -0.4 is 5.32 Å². The third-order valence-corrected chi connectivity index (χ3v) is 4.87. The second-order valence-electron chi connectivity index (χ2n) is 4.81. The molecule has 0 saturated heterocycles. The maximum Gasteiger partial charge on any atom is 0.0837 e. The third kappa shape index (κ3) is 3.28. The number of nitriles is 1. The normalized spacial score (nSPS) is 24.7. The monoisotopic (exact) mass is 260 g/mol. The summed E-state index contributed by atoms with van der Waals surface area (Å²) < 4.78 is 0. The lowest BCUT2D eigenvalue weighted by molar-refractivity contribution is 0.522. The van der Waals surface area contributed by atoms with E-state index in [1.807, 2.05) is 42.1 Å². The second-order valence-corrected chi connectivity index (χ2v) is 5.89. The van der Waals surface area contributed by atoms with Gasteiger partial charge in [0.15, 0.2) is 0 Å². The number of thioether (sulfide) groups is 1. The number of benzene rings is 1. The molecule has 0 radical (unpaired) electrons. The van der Waals surface area contributed by atoms with E-state index < -0.39 is 0 Å². The molecule has 0 heterocycles. The van der Waals surface area contributed by atoms with Gasteiger partial charge < -0.3 is 5.32 Å². The summed E-state index contributed by atoms with van der Waals surface area (Å²) in [5.41, 5.74) is 1.12. The molecule has 1 N–H and O–H groups in total. The smallest absolute Gasteiger partial charge is 0.0837 e. The van der Waals surface area contributed by atoms with E-state index in [1.165, 1.54) is 19.3 Å². The zero-order chi connectivity index (χ0) is 12.8. The first-order valence-corrected chi connectivity index (χ1v) is 7.84. The van der Waals surface area contributed by atoms with Crippen LogP contribution >= 0.6 is 11.8 Å². The molecular weight excluding hydrogens is 240 g/mol. The topological polar surface area (TPSA) is 35.8 Å². The molecule has 96 valence electrons. The van der Waals surface area contributed by atoms with Crippen LogP contribution in [0.4, 0.5) is 0 Å². The lowest BCUT2D eigenvalue weighted by atomic mass is 10.0. The van der Waals surface area contributed by atoms with E-state index >= 15 is 0 Å². The van der Waals surface area contributed by atoms with E-state index in [1.54, 1.807) is 0 Å². The van der Waals surface area contributed by atoms with Crippen LogP contribution in [0.5, 0.6) is 0 Å². The number of nitrogens with zero attached hydrogens (tertiary/aromatic N) is 1. The molecule has 1 saturated carbocycles. The van der Waals surface area contributed by atoms with Crippen LogP contribution in [0.25, 0.3) is 0 Å². The molecule has 0 aromatic heterocycles. The summed E-state index contributed by atoms with van der Waals surface area (Å²) in [4.78, 5) is 0. The molecule has 2 rings (SSSR count). The van der Waals surface area contributed by atoms with Gasteiger partial charge in [0.25, 0.3) is 0 Å². The first-order valence-electron chi connectivity index (χ1n) is 6.56. The number of rotatable bonds is 5. The molecule has 3 heteroatoms. The van der Waals surface area contributed by atoms with Gasteiger partial charge in [-0.15, -0.1) is 0 Å². The fraction of sp³-hybridized carbons (Fsp3) is 0.533. The number of hydrogen-bond acceptors (Lipinski definition) is 3. The molecule has 3 atom stereocenters. The van der Waals surface area contributed by atoms with Crippen LogP contribution in [0.2, 0.25) is 0 Å². The zero-order valence-corrected chi connectivity index (χ0v) is 11.6. The van der Waals surface area contributed by atoms with Crippen LogP contribution in [0.1, 0.15) is 30.7 Å². The first kappa shape index (κ1) is 13.5. The molecule has 2 nitrogen and oxygen atoms in total. The molecule has 0 amide bonds. The van der Waals surface area contributed by atoms with Crippen molar-refractivity contribution < 1.29 is 0 Å². The van der Waals surface area contributed by atoms with Crippen molar-refractivity contribution in [2.75, 3.05) is 12.8 Å². The van der Waals surface area contributed by atoms with E-state index in [-0.39, 0.29) is 5.92 Å². The summed E-state index contributed by atoms with van der Waals surface area (Å²) in [7, 11) is 0. The van der Waals surface area contributed by atoms with Crippen molar-refractivity contribution in [2.45, 2.75) is 36.5 Å². The van der Waals surface area contributed by atoms with E-state index in [9.17, 15) is 5.26 Å². The van der Waals surface area contributed by atoms with Crippen molar-refractivity contribution >= 4 is 11.8 Å². The van der Waals surface area contributed by atoms with Crippen molar-refractivity contribution in [3.05, 3.63) is 35.9 Å². The molecule has 1 fully saturated rings. The van der Waals surface area contributed by atoms with Gasteiger partial charge in [0.1, 0.15) is 0 Å². The minimum Gasteiger partial charge on any atom is -0.311 e. The Labute approximate surface area is 114 Å². The summed E-state index contributed by atoms with van der Waals surface area (Å²) in [5, 5.41) is 13.6. The Hall–Kier alpha value is -0.980. The van der Waals surface area contributed by atoms with Crippen LogP contribution in [0.15, 0.2) is 30.3 Å². The Balaban J connectivity index is 1.90. The Morgan fingerprint density at radius 3 is 2.83 bits per heavy atom. The van der Waals surface area contributed by atoms with Crippen molar-refractivity contribution in [1.82, 2.24) is 5.32 Å². The van der Waals surface area contributed by atoms with Gasteiger partial charge in [0.05, 0.1) is 12.0 Å². The van der Waals surface area contributed by atoms with Gasteiger partial charge >= 0.3 is 0 Å². The summed E-state index contributed by atoms with van der Waals surface area (Å²) in [5.74, 6) is -0.0330. The maximum atomic E-state index is 9.28. The maximum absolute atomic E-state index is 9.28. The summed E-state index contributed by atoms with van der Waals surface area (Å²) in [6.45, 7) is 0.766. The van der Waals surface area contributed by atoms with Crippen molar-refractivity contribution in [3.8, 4) is 6.07 Å². The van der Waals surface area contributed by atoms with Crippen molar-refractivity contribution in [2.24, 2.45) is 0 Å². The molecule has 0 bridgehead atoms. The zero-order valence-electron chi connectivity index (χ0n) is 10.8. The van der Waals surface area contributed by atoms with E-state index in [4.69, 9.17) is 0 Å². The highest BCUT2D eigenvalue weighted by atomic mass is 32.2. The van der Waals surface area contributed by atoms with Gasteiger partial charge in [-0.3, -0.25) is 0 Å². The van der Waals surface area contributed by atoms with Gasteiger partial charge in [-0.25, -0.2) is 0 Å². The number of nitrogens with one attached hydrogen (secondary N) is 1. The fourth-order valence-electron chi connectivity index (χ4n) is 2.63. The lowest BCUT2D eigenvalue weighted by Crippen LogP contribution is -2.36. The average molecular weight is 260 g/mol. The van der Waals surface area contributed by atoms with Crippen molar-refractivity contribution in [1.29, 1.82) is 5.26 Å². The van der Waals surface area contributed by atoms with Gasteiger partial charge in [0.2, 0.25) is 0 Å². The molecular formula is C15H20N2S. The summed E-state index contributed by atoms with van der Waals surface area (Å²) in [6, 6.07) is 13.1. The second kappa shape index (κ2) is 6.82. The standard InChI is InChI=1S/C15H20N2S/c1-18-15-9-5-8-14(15)17-11-13(10-16)12-6-3-2-4-7-12/h2-4,6-7,13-15,17H,5,8-9,11H2,1H3. The fourth-order valence-corrected chi connectivity index (χ4v) is 3.60. The van der Waals surface area contributed by atoms with Crippen molar-refractivity contribution in [3.63, 3.8) is 0 Å². The Bertz CT molecular complexity index is 399. The minimum atomic E-state index is -0.0330. The van der Waals surface area contributed by atoms with Gasteiger partial charge in [-0.1, -0.05) is 36.8 Å². The van der Waals surface area contributed by atoms with E-state index in [0.717, 1.165) is 17.4 Å². The Kier molecular flexibility index (Phi) is 5.10. The highest BCUT2D eigenvalue weighted by molar-refractivity contribution is 7.99. The summed E-state index contributed by atoms with van der Waals surface area (Å²) in [6.07, 6.45) is 6.05. The van der Waals surface area contributed by atoms with E-state index in [0.29, 0.717) is 6.04 Å². The minimum absolute atomic E-state index is 0.0330. The van der Waals surface area contributed by atoms with Crippen LogP contribution in [-0.2, 0) is 0 Å². The SMILES string of the molecule is CSC1CCCC1NCC(C#N)c1ccccc1. The first-order chi connectivity index (χ1) is 8.85. The highest BCUT2D eigenvalue weighted by Crippen LogP contribution is 2.28. The largest absolute Gasteiger partial charge is 0.311 e. The molecule has 1 aromatic rings. The molecule has 18 heavy (non-hydrogen) atoms. The molecule has 1 aliphatic carbocycles. The molecule has 0 aliphatic heterocycles. The van der Waals surface area contributed by atoms with Crippen LogP contribution in [-0.4, -0.2) is 24.1 Å². The van der Waals surface area contributed by atoms with E-state index in [2.05, 4.69) is 17.6 Å². The van der Waals surface area contributed by atoms with Gasteiger partial charge in [-0.05, 0) is 24.7 Å². The molecule has 0 spiro atoms. The van der Waals surface area contributed by atoms with Crippen LogP contribution in [0, 0.1) is 11.3 Å².